The molecule has 124 valence electrons. The van der Waals surface area contributed by atoms with E-state index in [2.05, 4.69) is 56.3 Å². The lowest BCUT2D eigenvalue weighted by Gasteiger charge is -2.31. The minimum absolute atomic E-state index is 0.639. The second-order valence-electron chi connectivity index (χ2n) is 5.10. The van der Waals surface area contributed by atoms with Gasteiger partial charge < -0.3 is 4.90 Å². The Labute approximate surface area is 141 Å². The molecular weight excluding hydrogens is 282 g/mol. The summed E-state index contributed by atoms with van der Waals surface area (Å²) in [4.78, 5) is 11.3. The molecule has 0 atom stereocenters. The normalized spacial score (nSPS) is 11.5. The Bertz CT molecular complexity index is 537. The number of benzene rings is 1. The van der Waals surface area contributed by atoms with Crippen LogP contribution in [0.1, 0.15) is 30.5 Å². The van der Waals surface area contributed by atoms with E-state index in [1.165, 1.54) is 22.8 Å². The summed E-state index contributed by atoms with van der Waals surface area (Å²) in [6.45, 7) is 20.4. The summed E-state index contributed by atoms with van der Waals surface area (Å²) in [5.74, 6) is 0. The molecule has 0 fully saturated rings. The van der Waals surface area contributed by atoms with Gasteiger partial charge in [0.1, 0.15) is 6.29 Å². The van der Waals surface area contributed by atoms with Crippen molar-refractivity contribution in [2.45, 2.75) is 33.2 Å². The minimum atomic E-state index is 0.639. The maximum atomic E-state index is 9.06. The number of carbonyl (C=O) groups is 1. The van der Waals surface area contributed by atoms with Gasteiger partial charge in [-0.25, -0.2) is 0 Å². The number of fused-ring (bicyclic) bond motifs is 1. The molecule has 0 saturated heterocycles. The van der Waals surface area contributed by atoms with Crippen LogP contribution in [0.2, 0.25) is 0 Å². The van der Waals surface area contributed by atoms with Gasteiger partial charge in [-0.1, -0.05) is 50.9 Å². The van der Waals surface area contributed by atoms with Gasteiger partial charge in [-0.3, -0.25) is 4.79 Å². The number of allylic oxidation sites excluding steroid dienone is 3. The van der Waals surface area contributed by atoms with Gasteiger partial charge in [0, 0.05) is 18.8 Å². The summed E-state index contributed by atoms with van der Waals surface area (Å²) in [6, 6.07) is 6.85. The van der Waals surface area contributed by atoms with E-state index in [0.29, 0.717) is 6.29 Å². The highest BCUT2D eigenvalue weighted by molar-refractivity contribution is 5.63. The molecular formula is C21H29NO. The fourth-order valence-corrected chi connectivity index (χ4v) is 2.20. The lowest BCUT2D eigenvalue weighted by atomic mass is 9.96. The first-order valence-corrected chi connectivity index (χ1v) is 7.88. The molecule has 0 unspecified atom stereocenters. The summed E-state index contributed by atoms with van der Waals surface area (Å²) in [6.07, 6.45) is 7.66. The summed E-state index contributed by atoms with van der Waals surface area (Å²) in [7, 11) is 0. The van der Waals surface area contributed by atoms with E-state index < -0.39 is 0 Å². The SMILES string of the molecule is C=CC.C=CC(=C)N1CCc2cc(CC)ccc2C1.C=CC=O. The third kappa shape index (κ3) is 7.46. The molecule has 0 N–H and O–H groups in total. The quantitative estimate of drug-likeness (QED) is 0.342. The van der Waals surface area contributed by atoms with Crippen LogP contribution in [-0.4, -0.2) is 17.7 Å². The molecule has 0 saturated carbocycles. The molecule has 1 aliphatic rings. The molecule has 23 heavy (non-hydrogen) atoms. The van der Waals surface area contributed by atoms with E-state index in [1.54, 1.807) is 6.08 Å². The zero-order valence-corrected chi connectivity index (χ0v) is 14.6. The molecule has 1 aromatic rings. The lowest BCUT2D eigenvalue weighted by molar-refractivity contribution is -0.104. The number of carbonyl (C=O) groups excluding carboxylic acids is 1. The molecule has 2 heteroatoms. The van der Waals surface area contributed by atoms with Crippen molar-refractivity contribution in [3.8, 4) is 0 Å². The number of hydrogen-bond donors (Lipinski definition) is 0. The van der Waals surface area contributed by atoms with Crippen LogP contribution in [0.3, 0.4) is 0 Å². The molecule has 0 spiro atoms. The molecule has 1 aliphatic heterocycles. The summed E-state index contributed by atoms with van der Waals surface area (Å²) >= 11 is 0. The van der Waals surface area contributed by atoms with Gasteiger partial charge in [-0.05, 0) is 48.6 Å². The maximum absolute atomic E-state index is 9.06. The average molecular weight is 311 g/mol. The van der Waals surface area contributed by atoms with Crippen molar-refractivity contribution >= 4 is 6.29 Å². The van der Waals surface area contributed by atoms with Crippen molar-refractivity contribution in [3.05, 3.63) is 85.1 Å². The third-order valence-corrected chi connectivity index (χ3v) is 3.43. The molecule has 1 aromatic carbocycles. The highest BCUT2D eigenvalue weighted by Gasteiger charge is 2.15. The van der Waals surface area contributed by atoms with Gasteiger partial charge in [0.05, 0.1) is 0 Å². The standard InChI is InChI=1S/C15H19N.C3H4O.C3H6/c1-4-12(3)16-9-8-14-10-13(5-2)6-7-15(14)11-16;1-2-3-4;1-3-2/h4,6-7,10H,1,3,5,8-9,11H2,2H3;2-3H,1H2;3H,1H2,2H3. The van der Waals surface area contributed by atoms with Crippen LogP contribution in [0.4, 0.5) is 0 Å². The number of hydrogen-bond acceptors (Lipinski definition) is 2. The predicted octanol–water partition coefficient (Wildman–Crippen LogP) is 4.87. The van der Waals surface area contributed by atoms with Crippen LogP contribution in [0.15, 0.2) is 68.4 Å². The lowest BCUT2D eigenvalue weighted by Crippen LogP contribution is -2.28. The fourth-order valence-electron chi connectivity index (χ4n) is 2.20. The Kier molecular flexibility index (Phi) is 11.0. The zero-order valence-electron chi connectivity index (χ0n) is 14.6. The number of aldehydes is 1. The first-order chi connectivity index (χ1) is 11.1. The van der Waals surface area contributed by atoms with E-state index in [0.717, 1.165) is 31.6 Å². The third-order valence-electron chi connectivity index (χ3n) is 3.43. The summed E-state index contributed by atoms with van der Waals surface area (Å²) in [5, 5.41) is 0. The summed E-state index contributed by atoms with van der Waals surface area (Å²) < 4.78 is 0. The smallest absolute Gasteiger partial charge is 0.142 e. The highest BCUT2D eigenvalue weighted by atomic mass is 16.1. The largest absolute Gasteiger partial charge is 0.367 e. The van der Waals surface area contributed by atoms with Crippen molar-refractivity contribution in [1.29, 1.82) is 0 Å². The van der Waals surface area contributed by atoms with Crippen LogP contribution in [-0.2, 0) is 24.2 Å². The van der Waals surface area contributed by atoms with Gasteiger partial charge in [0.25, 0.3) is 0 Å². The van der Waals surface area contributed by atoms with Gasteiger partial charge in [0.15, 0.2) is 0 Å². The monoisotopic (exact) mass is 311 g/mol. The first kappa shape index (κ1) is 20.7. The van der Waals surface area contributed by atoms with Crippen molar-refractivity contribution in [2.24, 2.45) is 0 Å². The summed E-state index contributed by atoms with van der Waals surface area (Å²) in [5.41, 5.74) is 5.42. The number of nitrogens with zero attached hydrogens (tertiary/aromatic N) is 1. The molecule has 2 rings (SSSR count). The van der Waals surface area contributed by atoms with Gasteiger partial charge in [-0.15, -0.1) is 6.58 Å². The average Bonchev–Trinajstić information content (AvgIpc) is 2.60. The first-order valence-electron chi connectivity index (χ1n) is 7.88. The van der Waals surface area contributed by atoms with Crippen LogP contribution in [0.5, 0.6) is 0 Å². The van der Waals surface area contributed by atoms with E-state index in [4.69, 9.17) is 4.79 Å². The van der Waals surface area contributed by atoms with Crippen molar-refractivity contribution < 1.29 is 4.79 Å². The molecule has 0 bridgehead atoms. The Hall–Kier alpha value is -2.35. The van der Waals surface area contributed by atoms with Gasteiger partial charge in [-0.2, -0.15) is 0 Å². The molecule has 0 amide bonds. The maximum Gasteiger partial charge on any atom is 0.142 e. The second-order valence-corrected chi connectivity index (χ2v) is 5.10. The van der Waals surface area contributed by atoms with Crippen molar-refractivity contribution in [3.63, 3.8) is 0 Å². The number of rotatable bonds is 4. The Morgan fingerprint density at radius 3 is 2.35 bits per heavy atom. The number of aryl methyl sites for hydroxylation is 1. The Morgan fingerprint density at radius 1 is 1.26 bits per heavy atom. The topological polar surface area (TPSA) is 20.3 Å². The van der Waals surface area contributed by atoms with E-state index in [1.807, 2.05) is 13.0 Å². The van der Waals surface area contributed by atoms with E-state index in [-0.39, 0.29) is 0 Å². The van der Waals surface area contributed by atoms with Crippen LogP contribution < -0.4 is 0 Å². The van der Waals surface area contributed by atoms with Crippen molar-refractivity contribution in [2.75, 3.05) is 6.54 Å². The minimum Gasteiger partial charge on any atom is -0.367 e. The zero-order chi connectivity index (χ0) is 17.7. The molecule has 0 aliphatic carbocycles. The highest BCUT2D eigenvalue weighted by Crippen LogP contribution is 2.22. The molecule has 0 aromatic heterocycles. The van der Waals surface area contributed by atoms with E-state index in [9.17, 15) is 0 Å². The predicted molar refractivity (Wildman–Crippen MR) is 101 cm³/mol. The fraction of sp³-hybridized carbons (Fsp3) is 0.286. The van der Waals surface area contributed by atoms with Gasteiger partial charge >= 0.3 is 0 Å². The molecule has 1 heterocycles. The Morgan fingerprint density at radius 2 is 1.87 bits per heavy atom. The van der Waals surface area contributed by atoms with E-state index >= 15 is 0 Å². The van der Waals surface area contributed by atoms with Gasteiger partial charge in [0.2, 0.25) is 0 Å². The van der Waals surface area contributed by atoms with Crippen LogP contribution >= 0.6 is 0 Å². The second kappa shape index (κ2) is 12.2. The molecule has 2 nitrogen and oxygen atoms in total. The van der Waals surface area contributed by atoms with Crippen LogP contribution in [0, 0.1) is 0 Å². The molecule has 0 radical (unpaired) electrons. The van der Waals surface area contributed by atoms with Crippen molar-refractivity contribution in [1.82, 2.24) is 4.90 Å². The Balaban J connectivity index is 0.000000591. The van der Waals surface area contributed by atoms with Crippen LogP contribution in [0.25, 0.3) is 0 Å².